The van der Waals surface area contributed by atoms with Crippen LogP contribution in [0.25, 0.3) is 0 Å². The van der Waals surface area contributed by atoms with Gasteiger partial charge in [-0.1, -0.05) is 0 Å². The van der Waals surface area contributed by atoms with Gasteiger partial charge in [-0.3, -0.25) is 9.78 Å². The van der Waals surface area contributed by atoms with Crippen LogP contribution >= 0.6 is 0 Å². The minimum Gasteiger partial charge on any atom is -0.450 e. The molecule has 2 amide bonds. The second-order valence-corrected chi connectivity index (χ2v) is 6.98. The average molecular weight is 377 g/mol. The van der Waals surface area contributed by atoms with E-state index in [1.54, 1.807) is 17.3 Å². The Hall–Kier alpha value is -2.35. The highest BCUT2D eigenvalue weighted by Crippen LogP contribution is 2.17. The molecule has 2 N–H and O–H groups in total. The van der Waals surface area contributed by atoms with Gasteiger partial charge in [-0.15, -0.1) is 0 Å². The van der Waals surface area contributed by atoms with Crippen LogP contribution in [0, 0.1) is 0 Å². The summed E-state index contributed by atoms with van der Waals surface area (Å²) in [5.41, 5.74) is 1.37. The van der Waals surface area contributed by atoms with Gasteiger partial charge >= 0.3 is 6.09 Å². The van der Waals surface area contributed by atoms with Gasteiger partial charge in [-0.05, 0) is 52.9 Å². The lowest BCUT2D eigenvalue weighted by Gasteiger charge is -2.32. The van der Waals surface area contributed by atoms with E-state index in [4.69, 9.17) is 4.74 Å². The third-order valence-electron chi connectivity index (χ3n) is 4.46. The van der Waals surface area contributed by atoms with Crippen molar-refractivity contribution in [1.29, 1.82) is 0 Å². The summed E-state index contributed by atoms with van der Waals surface area (Å²) < 4.78 is 5.04. The molecular formula is C19H31N5O3. The molecule has 150 valence electrons. The van der Waals surface area contributed by atoms with Crippen molar-refractivity contribution in [2.24, 2.45) is 0 Å². The summed E-state index contributed by atoms with van der Waals surface area (Å²) in [5.74, 6) is -0.109. The monoisotopic (exact) mass is 377 g/mol. The van der Waals surface area contributed by atoms with Crippen molar-refractivity contribution in [2.45, 2.75) is 32.2 Å². The number of nitrogens with zero attached hydrogens (tertiary/aromatic N) is 3. The second kappa shape index (κ2) is 10.7. The van der Waals surface area contributed by atoms with Crippen LogP contribution in [0.1, 0.15) is 36.5 Å². The SMILES string of the molecule is CCOC(=O)N1CCC(Nc2cncc(C(=O)NCCCN(C)C)c2)CC1. The largest absolute Gasteiger partial charge is 0.450 e. The molecule has 27 heavy (non-hydrogen) atoms. The highest BCUT2D eigenvalue weighted by atomic mass is 16.6. The molecule has 8 nitrogen and oxygen atoms in total. The lowest BCUT2D eigenvalue weighted by Crippen LogP contribution is -2.42. The van der Waals surface area contributed by atoms with E-state index in [0.29, 0.717) is 31.8 Å². The quantitative estimate of drug-likeness (QED) is 0.672. The van der Waals surface area contributed by atoms with Crippen molar-refractivity contribution in [3.8, 4) is 0 Å². The van der Waals surface area contributed by atoms with Crippen LogP contribution in [-0.4, -0.2) is 79.7 Å². The van der Waals surface area contributed by atoms with Gasteiger partial charge in [-0.2, -0.15) is 0 Å². The highest BCUT2D eigenvalue weighted by Gasteiger charge is 2.23. The number of hydrogen-bond donors (Lipinski definition) is 2. The Labute approximate surface area is 161 Å². The van der Waals surface area contributed by atoms with E-state index >= 15 is 0 Å². The fraction of sp³-hybridized carbons (Fsp3) is 0.632. The number of rotatable bonds is 8. The van der Waals surface area contributed by atoms with E-state index in [2.05, 4.69) is 20.5 Å². The normalized spacial score (nSPS) is 14.9. The van der Waals surface area contributed by atoms with Crippen LogP contribution < -0.4 is 10.6 Å². The molecule has 2 heterocycles. The molecule has 1 saturated heterocycles. The molecule has 0 unspecified atom stereocenters. The van der Waals surface area contributed by atoms with Crippen LogP contribution in [0.4, 0.5) is 10.5 Å². The highest BCUT2D eigenvalue weighted by molar-refractivity contribution is 5.94. The van der Waals surface area contributed by atoms with Crippen LogP contribution in [0.5, 0.6) is 0 Å². The fourth-order valence-corrected chi connectivity index (χ4v) is 3.00. The predicted octanol–water partition coefficient (Wildman–Crippen LogP) is 1.80. The van der Waals surface area contributed by atoms with Crippen molar-refractivity contribution in [3.05, 3.63) is 24.0 Å². The standard InChI is InChI=1S/C19H31N5O3/c1-4-27-19(26)24-10-6-16(7-11-24)22-17-12-15(13-20-14-17)18(25)21-8-5-9-23(2)3/h12-14,16,22H,4-11H2,1-3H3,(H,21,25). The van der Waals surface area contributed by atoms with Gasteiger partial charge < -0.3 is 25.2 Å². The van der Waals surface area contributed by atoms with Gasteiger partial charge in [-0.25, -0.2) is 4.79 Å². The Bertz CT molecular complexity index is 615. The zero-order valence-electron chi connectivity index (χ0n) is 16.5. The van der Waals surface area contributed by atoms with Crippen molar-refractivity contribution < 1.29 is 14.3 Å². The van der Waals surface area contributed by atoms with Crippen molar-refractivity contribution in [2.75, 3.05) is 52.2 Å². The Morgan fingerprint density at radius 3 is 2.70 bits per heavy atom. The van der Waals surface area contributed by atoms with E-state index in [1.165, 1.54) is 0 Å². The van der Waals surface area contributed by atoms with Crippen LogP contribution in [0.2, 0.25) is 0 Å². The number of ether oxygens (including phenoxy) is 1. The summed E-state index contributed by atoms with van der Waals surface area (Å²) in [6, 6.07) is 2.07. The predicted molar refractivity (Wildman–Crippen MR) is 105 cm³/mol. The molecule has 2 rings (SSSR count). The topological polar surface area (TPSA) is 86.8 Å². The maximum absolute atomic E-state index is 12.3. The smallest absolute Gasteiger partial charge is 0.409 e. The molecular weight excluding hydrogens is 346 g/mol. The molecule has 0 radical (unpaired) electrons. The Morgan fingerprint density at radius 1 is 1.30 bits per heavy atom. The summed E-state index contributed by atoms with van der Waals surface area (Å²) >= 11 is 0. The van der Waals surface area contributed by atoms with Gasteiger partial charge in [0.05, 0.1) is 17.9 Å². The Balaban J connectivity index is 1.80. The Morgan fingerprint density at radius 2 is 2.04 bits per heavy atom. The number of amides is 2. The maximum atomic E-state index is 12.3. The molecule has 1 fully saturated rings. The lowest BCUT2D eigenvalue weighted by atomic mass is 10.1. The third kappa shape index (κ3) is 7.05. The number of pyridine rings is 1. The molecule has 1 aliphatic heterocycles. The first-order chi connectivity index (χ1) is 13.0. The molecule has 0 aromatic carbocycles. The lowest BCUT2D eigenvalue weighted by molar-refractivity contribution is 0.0949. The zero-order chi connectivity index (χ0) is 19.6. The summed E-state index contributed by atoms with van der Waals surface area (Å²) in [5, 5.41) is 6.35. The molecule has 1 aromatic rings. The van der Waals surface area contributed by atoms with Gasteiger partial charge in [0.25, 0.3) is 5.91 Å². The number of carbonyl (C=O) groups excluding carboxylic acids is 2. The number of hydrogen-bond acceptors (Lipinski definition) is 6. The molecule has 0 bridgehead atoms. The van der Waals surface area contributed by atoms with Gasteiger partial charge in [0.15, 0.2) is 0 Å². The van der Waals surface area contributed by atoms with Gasteiger partial charge in [0, 0.05) is 38.1 Å². The number of likely N-dealkylation sites (tertiary alicyclic amines) is 1. The number of nitrogens with one attached hydrogen (secondary N) is 2. The van der Waals surface area contributed by atoms with E-state index < -0.39 is 0 Å². The molecule has 1 aromatic heterocycles. The molecule has 0 atom stereocenters. The maximum Gasteiger partial charge on any atom is 0.409 e. The fourth-order valence-electron chi connectivity index (χ4n) is 3.00. The van der Waals surface area contributed by atoms with Crippen molar-refractivity contribution in [3.63, 3.8) is 0 Å². The number of piperidine rings is 1. The van der Waals surface area contributed by atoms with Crippen LogP contribution in [0.3, 0.4) is 0 Å². The summed E-state index contributed by atoms with van der Waals surface area (Å²) in [4.78, 5) is 32.0. The Kier molecular flexibility index (Phi) is 8.32. The molecule has 0 aliphatic carbocycles. The molecule has 0 saturated carbocycles. The van der Waals surface area contributed by atoms with E-state index in [1.807, 2.05) is 27.1 Å². The zero-order valence-corrected chi connectivity index (χ0v) is 16.5. The number of anilines is 1. The van der Waals surface area contributed by atoms with E-state index in [-0.39, 0.29) is 18.0 Å². The van der Waals surface area contributed by atoms with Gasteiger partial charge in [0.1, 0.15) is 0 Å². The summed E-state index contributed by atoms with van der Waals surface area (Å²) in [6.07, 6.45) is 5.63. The number of carbonyl (C=O) groups is 2. The van der Waals surface area contributed by atoms with Gasteiger partial charge in [0.2, 0.25) is 0 Å². The minimum absolute atomic E-state index is 0.109. The van der Waals surface area contributed by atoms with Crippen LogP contribution in [0.15, 0.2) is 18.5 Å². The molecule has 8 heteroatoms. The van der Waals surface area contributed by atoms with Crippen molar-refractivity contribution in [1.82, 2.24) is 20.1 Å². The summed E-state index contributed by atoms with van der Waals surface area (Å²) in [7, 11) is 4.02. The number of aromatic nitrogens is 1. The minimum atomic E-state index is -0.245. The molecule has 1 aliphatic rings. The molecule has 0 spiro atoms. The summed E-state index contributed by atoms with van der Waals surface area (Å²) in [6.45, 7) is 5.11. The van der Waals surface area contributed by atoms with E-state index in [0.717, 1.165) is 31.5 Å². The average Bonchev–Trinajstić information content (AvgIpc) is 2.66. The second-order valence-electron chi connectivity index (χ2n) is 6.98. The third-order valence-corrected chi connectivity index (χ3v) is 4.46. The van der Waals surface area contributed by atoms with Crippen molar-refractivity contribution >= 4 is 17.7 Å². The first kappa shape index (κ1) is 21.0. The van der Waals surface area contributed by atoms with E-state index in [9.17, 15) is 9.59 Å². The first-order valence-electron chi connectivity index (χ1n) is 9.55. The van der Waals surface area contributed by atoms with Crippen LogP contribution in [-0.2, 0) is 4.74 Å². The first-order valence-corrected chi connectivity index (χ1v) is 9.55.